The van der Waals surface area contributed by atoms with Crippen LogP contribution in [0, 0.1) is 0 Å². The third-order valence-electron chi connectivity index (χ3n) is 6.66. The fraction of sp³-hybridized carbons (Fsp3) is 0.355. The number of benzene rings is 1. The van der Waals surface area contributed by atoms with E-state index in [9.17, 15) is 13.2 Å². The lowest BCUT2D eigenvalue weighted by Crippen LogP contribution is -2.37. The van der Waals surface area contributed by atoms with Crippen LogP contribution in [0.15, 0.2) is 65.0 Å². The largest absolute Gasteiger partial charge is 0.493 e. The molecule has 1 aliphatic rings. The molecule has 4 aromatic rings. The second kappa shape index (κ2) is 14.8. The van der Waals surface area contributed by atoms with E-state index in [2.05, 4.69) is 25.0 Å². The SMILES string of the molecule is COc1ccccc1Oc1c(NS(=O)(=O)c2ccc(C(C)(C)C)s2)nc(N2CCOCC2)nc1OCCOC(=O)Nc1ccccn1. The number of ether oxygens (including phenoxy) is 5. The van der Waals surface area contributed by atoms with E-state index < -0.39 is 16.1 Å². The molecule has 0 spiro atoms. The number of rotatable bonds is 12. The molecule has 47 heavy (non-hydrogen) atoms. The Morgan fingerprint density at radius 1 is 1.00 bits per heavy atom. The summed E-state index contributed by atoms with van der Waals surface area (Å²) in [6.45, 7) is 7.51. The van der Waals surface area contributed by atoms with Gasteiger partial charge in [-0.25, -0.2) is 18.2 Å². The molecule has 1 aromatic carbocycles. The van der Waals surface area contributed by atoms with Gasteiger partial charge in [-0.05, 0) is 41.8 Å². The van der Waals surface area contributed by atoms with Crippen LogP contribution in [-0.2, 0) is 24.9 Å². The third-order valence-corrected chi connectivity index (χ3v) is 10.0. The van der Waals surface area contributed by atoms with E-state index in [1.54, 1.807) is 54.6 Å². The van der Waals surface area contributed by atoms with Crippen LogP contribution in [0.25, 0.3) is 0 Å². The van der Waals surface area contributed by atoms with Crippen LogP contribution in [0.5, 0.6) is 23.1 Å². The Hall–Kier alpha value is -4.67. The van der Waals surface area contributed by atoms with Crippen LogP contribution in [-0.4, -0.2) is 76.1 Å². The summed E-state index contributed by atoms with van der Waals surface area (Å²) in [5, 5.41) is 2.52. The van der Waals surface area contributed by atoms with Gasteiger partial charge in [-0.1, -0.05) is 39.0 Å². The summed E-state index contributed by atoms with van der Waals surface area (Å²) < 4.78 is 58.7. The highest BCUT2D eigenvalue weighted by Gasteiger charge is 2.29. The van der Waals surface area contributed by atoms with Crippen molar-refractivity contribution >= 4 is 45.0 Å². The van der Waals surface area contributed by atoms with E-state index in [0.29, 0.717) is 37.9 Å². The minimum absolute atomic E-state index is 0.0830. The standard InChI is InChI=1S/C31H36N6O8S2/c1-31(2,3)23-12-13-25(46-23)47(39,40)36-27-26(45-22-10-6-5-9-21(22)41-4)28(35-29(34-27)37-15-17-42-18-16-37)43-19-20-44-30(38)33-24-11-7-8-14-32-24/h5-14H,15-20H2,1-4H3,(H,32,33,38)(H,34,35,36). The van der Waals surface area contributed by atoms with Gasteiger partial charge in [-0.2, -0.15) is 9.97 Å². The van der Waals surface area contributed by atoms with Gasteiger partial charge in [0, 0.05) is 24.2 Å². The molecule has 5 rings (SSSR count). The van der Waals surface area contributed by atoms with Crippen molar-refractivity contribution < 1.29 is 36.9 Å². The fourth-order valence-electron chi connectivity index (χ4n) is 4.29. The molecule has 0 radical (unpaired) electrons. The van der Waals surface area contributed by atoms with Crippen LogP contribution in [0.1, 0.15) is 25.6 Å². The van der Waals surface area contributed by atoms with Crippen molar-refractivity contribution in [2.24, 2.45) is 0 Å². The number of aromatic nitrogens is 3. The van der Waals surface area contributed by atoms with Crippen LogP contribution >= 0.6 is 11.3 Å². The molecule has 0 bridgehead atoms. The van der Waals surface area contributed by atoms with E-state index in [4.69, 9.17) is 23.7 Å². The quantitative estimate of drug-likeness (QED) is 0.186. The number of morpholine rings is 1. The highest BCUT2D eigenvalue weighted by molar-refractivity contribution is 7.94. The number of methoxy groups -OCH3 is 1. The summed E-state index contributed by atoms with van der Waals surface area (Å²) in [5.41, 5.74) is -0.243. The Morgan fingerprint density at radius 2 is 1.74 bits per heavy atom. The van der Waals surface area contributed by atoms with Crippen molar-refractivity contribution in [3.8, 4) is 23.1 Å². The van der Waals surface area contributed by atoms with Gasteiger partial charge in [0.1, 0.15) is 23.2 Å². The normalized spacial score (nSPS) is 13.5. The van der Waals surface area contributed by atoms with E-state index >= 15 is 0 Å². The number of thiophene rings is 1. The number of nitrogens with zero attached hydrogens (tertiary/aromatic N) is 4. The first-order chi connectivity index (χ1) is 22.5. The van der Waals surface area contributed by atoms with Gasteiger partial charge in [0.2, 0.25) is 11.7 Å². The second-order valence-corrected chi connectivity index (χ2v) is 14.2. The first-order valence-electron chi connectivity index (χ1n) is 14.7. The predicted molar refractivity (Wildman–Crippen MR) is 177 cm³/mol. The first-order valence-corrected chi connectivity index (χ1v) is 17.0. The smallest absolute Gasteiger partial charge is 0.412 e. The Labute approximate surface area is 277 Å². The number of carbonyl (C=O) groups is 1. The van der Waals surface area contributed by atoms with Gasteiger partial charge >= 0.3 is 6.09 Å². The first kappa shape index (κ1) is 33.7. The monoisotopic (exact) mass is 684 g/mol. The Morgan fingerprint density at radius 3 is 2.43 bits per heavy atom. The van der Waals surface area contributed by atoms with Gasteiger partial charge in [0.05, 0.1) is 20.3 Å². The van der Waals surface area contributed by atoms with Crippen molar-refractivity contribution in [3.63, 3.8) is 0 Å². The number of carbonyl (C=O) groups excluding carboxylic acids is 1. The van der Waals surface area contributed by atoms with Gasteiger partial charge in [-0.15, -0.1) is 11.3 Å². The average molecular weight is 685 g/mol. The van der Waals surface area contributed by atoms with Crippen molar-refractivity contribution in [3.05, 3.63) is 65.7 Å². The zero-order chi connectivity index (χ0) is 33.4. The number of nitrogens with one attached hydrogen (secondary N) is 2. The highest BCUT2D eigenvalue weighted by atomic mass is 32.2. The maximum Gasteiger partial charge on any atom is 0.412 e. The molecule has 0 aliphatic carbocycles. The van der Waals surface area contributed by atoms with Crippen LogP contribution in [0.4, 0.5) is 22.4 Å². The summed E-state index contributed by atoms with van der Waals surface area (Å²) in [7, 11) is -2.64. The van der Waals surface area contributed by atoms with Crippen molar-refractivity contribution in [1.82, 2.24) is 15.0 Å². The van der Waals surface area contributed by atoms with E-state index in [0.717, 1.165) is 4.88 Å². The molecule has 0 unspecified atom stereocenters. The molecule has 2 N–H and O–H groups in total. The Kier molecular flexibility index (Phi) is 10.6. The Bertz CT molecular complexity index is 1770. The lowest BCUT2D eigenvalue weighted by molar-refractivity contribution is 0.121. The third kappa shape index (κ3) is 8.78. The number of hydrogen-bond acceptors (Lipinski definition) is 13. The lowest BCUT2D eigenvalue weighted by Gasteiger charge is -2.28. The number of anilines is 3. The van der Waals surface area contributed by atoms with Crippen molar-refractivity contribution in [1.29, 1.82) is 0 Å². The topological polar surface area (TPSA) is 163 Å². The number of hydrogen-bond donors (Lipinski definition) is 2. The molecular weight excluding hydrogens is 649 g/mol. The molecule has 0 saturated carbocycles. The average Bonchev–Trinajstić information content (AvgIpc) is 3.58. The summed E-state index contributed by atoms with van der Waals surface area (Å²) in [4.78, 5) is 28.3. The van der Waals surface area contributed by atoms with E-state index in [1.165, 1.54) is 24.6 Å². The van der Waals surface area contributed by atoms with Gasteiger partial charge in [0.15, 0.2) is 17.3 Å². The lowest BCUT2D eigenvalue weighted by atomic mass is 9.95. The molecule has 250 valence electrons. The van der Waals surface area contributed by atoms with Gasteiger partial charge in [0.25, 0.3) is 15.9 Å². The van der Waals surface area contributed by atoms with Crippen LogP contribution < -0.4 is 29.1 Å². The summed E-state index contributed by atoms with van der Waals surface area (Å²) in [6.07, 6.45) is 0.810. The predicted octanol–water partition coefficient (Wildman–Crippen LogP) is 5.30. The number of pyridine rings is 1. The van der Waals surface area contributed by atoms with Gasteiger partial charge in [-0.3, -0.25) is 10.0 Å². The maximum atomic E-state index is 13.8. The zero-order valence-corrected chi connectivity index (χ0v) is 28.0. The number of amides is 1. The zero-order valence-electron chi connectivity index (χ0n) is 26.4. The molecule has 16 heteroatoms. The molecule has 1 fully saturated rings. The number of sulfonamides is 1. The highest BCUT2D eigenvalue weighted by Crippen LogP contribution is 2.42. The maximum absolute atomic E-state index is 13.8. The minimum atomic E-state index is -4.13. The molecule has 14 nitrogen and oxygen atoms in total. The van der Waals surface area contributed by atoms with Crippen molar-refractivity contribution in [2.45, 2.75) is 30.4 Å². The van der Waals surface area contributed by atoms with Crippen LogP contribution in [0.3, 0.4) is 0 Å². The molecule has 4 heterocycles. The Balaban J connectivity index is 1.48. The fourth-order valence-corrected chi connectivity index (χ4v) is 6.66. The molecular formula is C31H36N6O8S2. The van der Waals surface area contributed by atoms with Gasteiger partial charge < -0.3 is 28.6 Å². The second-order valence-electron chi connectivity index (χ2n) is 11.2. The molecule has 0 atom stereocenters. The van der Waals surface area contributed by atoms with Crippen molar-refractivity contribution in [2.75, 3.05) is 61.6 Å². The van der Waals surface area contributed by atoms with E-state index in [1.807, 2.05) is 25.7 Å². The minimum Gasteiger partial charge on any atom is -0.493 e. The molecule has 1 saturated heterocycles. The molecule has 1 aliphatic heterocycles. The summed E-state index contributed by atoms with van der Waals surface area (Å²) in [5.74, 6) is 0.827. The molecule has 1 amide bonds. The summed E-state index contributed by atoms with van der Waals surface area (Å²) >= 11 is 1.17. The van der Waals surface area contributed by atoms with E-state index in [-0.39, 0.29) is 52.0 Å². The summed E-state index contributed by atoms with van der Waals surface area (Å²) in [6, 6.07) is 15.3. The molecule has 3 aromatic heterocycles. The number of para-hydroxylation sites is 2. The van der Waals surface area contributed by atoms with Crippen LogP contribution in [0.2, 0.25) is 0 Å².